The third kappa shape index (κ3) is 13.5. The Kier molecular flexibility index (Phi) is 15.3. The molecule has 1 atom stereocenters. The molecule has 0 aliphatic carbocycles. The number of nitrogens with zero attached hydrogens (tertiary/aromatic N) is 2. The molecule has 0 spiro atoms. The highest BCUT2D eigenvalue weighted by Gasteiger charge is 2.26. The monoisotopic (exact) mass is 670 g/mol. The van der Waals surface area contributed by atoms with Crippen LogP contribution in [0.5, 0.6) is 0 Å². The molecule has 13 nitrogen and oxygen atoms in total. The molecule has 0 saturated carbocycles. The van der Waals surface area contributed by atoms with Gasteiger partial charge in [0.15, 0.2) is 5.96 Å². The lowest BCUT2D eigenvalue weighted by atomic mass is 10.0. The first kappa shape index (κ1) is 37.7. The lowest BCUT2D eigenvalue weighted by molar-refractivity contribution is -0.127. The van der Waals surface area contributed by atoms with E-state index in [9.17, 15) is 24.0 Å². The van der Waals surface area contributed by atoms with Crippen LogP contribution in [0.3, 0.4) is 0 Å². The highest BCUT2D eigenvalue weighted by Crippen LogP contribution is 2.18. The van der Waals surface area contributed by atoms with Crippen molar-refractivity contribution in [3.05, 3.63) is 102 Å². The van der Waals surface area contributed by atoms with E-state index in [1.165, 1.54) is 17.0 Å². The zero-order valence-corrected chi connectivity index (χ0v) is 28.0. The van der Waals surface area contributed by atoms with Gasteiger partial charge in [0.25, 0.3) is 5.91 Å². The minimum atomic E-state index is -0.903. The van der Waals surface area contributed by atoms with Crippen LogP contribution in [0.25, 0.3) is 0 Å². The molecule has 49 heavy (non-hydrogen) atoms. The molecular weight excluding hydrogens is 624 g/mol. The lowest BCUT2D eigenvalue weighted by Crippen LogP contribution is -2.51. The zero-order valence-electron chi connectivity index (χ0n) is 28.0. The van der Waals surface area contributed by atoms with Crippen LogP contribution < -0.4 is 37.6 Å². The fraction of sp³-hybridized carbons (Fsp3) is 0.333. The third-order valence-electron chi connectivity index (χ3n) is 7.46. The Labute approximate surface area is 286 Å². The van der Waals surface area contributed by atoms with Crippen molar-refractivity contribution in [3.8, 4) is 0 Å². The predicted molar refractivity (Wildman–Crippen MR) is 189 cm³/mol. The maximum Gasteiger partial charge on any atom is 0.251 e. The van der Waals surface area contributed by atoms with Gasteiger partial charge in [-0.05, 0) is 54.2 Å². The molecule has 260 valence electrons. The largest absolute Gasteiger partial charge is 0.370 e. The van der Waals surface area contributed by atoms with Crippen molar-refractivity contribution in [3.63, 3.8) is 0 Å². The molecule has 13 heteroatoms. The topological polar surface area (TPSA) is 201 Å². The summed E-state index contributed by atoms with van der Waals surface area (Å²) in [5.74, 6) is -2.27. The molecule has 5 amide bonds. The Balaban J connectivity index is 1.62. The standard InChI is InChI=1S/C36H46N8O5/c1-25(2)33(35(49)42-23-30(45)40-21-26-11-5-3-6-12-26)43-34(48)28-16-18-29(19-17-28)44(32(47)15-9-10-20-39-36(37)38)24-31(46)41-22-27-13-7-4-8-14-27/h3-8,11-14,16-19,25,33H,9-10,15,20-24H2,1-2H3,(H,40,45)(H,41,46)(H,42,49)(H,43,48)(H4,37,38,39)/t33-/m0/s1. The zero-order chi connectivity index (χ0) is 35.6. The van der Waals surface area contributed by atoms with Crippen molar-refractivity contribution < 1.29 is 24.0 Å². The first-order chi connectivity index (χ1) is 23.5. The van der Waals surface area contributed by atoms with E-state index in [-0.39, 0.29) is 54.7 Å². The fourth-order valence-electron chi connectivity index (χ4n) is 4.74. The quantitative estimate of drug-likeness (QED) is 0.0675. The smallest absolute Gasteiger partial charge is 0.251 e. The minimum absolute atomic E-state index is 0.0190. The molecule has 3 aromatic rings. The maximum atomic E-state index is 13.3. The first-order valence-electron chi connectivity index (χ1n) is 16.2. The van der Waals surface area contributed by atoms with Gasteiger partial charge in [-0.3, -0.25) is 29.0 Å². The van der Waals surface area contributed by atoms with Gasteiger partial charge in [-0.1, -0.05) is 74.5 Å². The highest BCUT2D eigenvalue weighted by atomic mass is 16.2. The molecule has 0 aliphatic heterocycles. The van der Waals surface area contributed by atoms with Crippen LogP contribution in [0.4, 0.5) is 5.69 Å². The fourth-order valence-corrected chi connectivity index (χ4v) is 4.74. The van der Waals surface area contributed by atoms with Gasteiger partial charge in [-0.25, -0.2) is 0 Å². The average Bonchev–Trinajstić information content (AvgIpc) is 3.10. The minimum Gasteiger partial charge on any atom is -0.370 e. The summed E-state index contributed by atoms with van der Waals surface area (Å²) in [4.78, 5) is 69.9. The van der Waals surface area contributed by atoms with Crippen LogP contribution in [-0.2, 0) is 32.3 Å². The molecule has 0 radical (unpaired) electrons. The number of guanidine groups is 1. The first-order valence-corrected chi connectivity index (χ1v) is 16.2. The highest BCUT2D eigenvalue weighted by molar-refractivity contribution is 6.01. The normalized spacial score (nSPS) is 11.2. The summed E-state index contributed by atoms with van der Waals surface area (Å²) in [6, 6.07) is 24.1. The van der Waals surface area contributed by atoms with Gasteiger partial charge in [0, 0.05) is 37.3 Å². The summed E-state index contributed by atoms with van der Waals surface area (Å²) in [5.41, 5.74) is 13.3. The van der Waals surface area contributed by atoms with Crippen LogP contribution in [0, 0.1) is 5.92 Å². The average molecular weight is 671 g/mol. The van der Waals surface area contributed by atoms with Gasteiger partial charge in [0.1, 0.15) is 12.6 Å². The van der Waals surface area contributed by atoms with Crippen molar-refractivity contribution in [1.29, 1.82) is 0 Å². The van der Waals surface area contributed by atoms with E-state index >= 15 is 0 Å². The Morgan fingerprint density at radius 1 is 0.735 bits per heavy atom. The van der Waals surface area contributed by atoms with Crippen molar-refractivity contribution in [1.82, 2.24) is 21.3 Å². The number of carbonyl (C=O) groups is 5. The molecule has 0 fully saturated rings. The van der Waals surface area contributed by atoms with E-state index in [0.29, 0.717) is 38.2 Å². The van der Waals surface area contributed by atoms with E-state index in [2.05, 4.69) is 26.3 Å². The van der Waals surface area contributed by atoms with Crippen LogP contribution in [0.1, 0.15) is 54.6 Å². The molecule has 3 rings (SSSR count). The number of hydrogen-bond acceptors (Lipinski definition) is 6. The molecule has 0 aromatic heterocycles. The van der Waals surface area contributed by atoms with Crippen LogP contribution in [-0.4, -0.2) is 61.2 Å². The predicted octanol–water partition coefficient (Wildman–Crippen LogP) is 1.97. The van der Waals surface area contributed by atoms with Crippen LogP contribution in [0.15, 0.2) is 89.9 Å². The van der Waals surface area contributed by atoms with Crippen molar-refractivity contribution in [2.45, 2.75) is 52.2 Å². The molecule has 0 bridgehead atoms. The van der Waals surface area contributed by atoms with Gasteiger partial charge in [-0.15, -0.1) is 0 Å². The number of benzene rings is 3. The molecule has 8 N–H and O–H groups in total. The summed E-state index contributed by atoms with van der Waals surface area (Å²) in [5, 5.41) is 10.9. The Bertz CT molecular complexity index is 1560. The van der Waals surface area contributed by atoms with E-state index in [1.54, 1.807) is 26.0 Å². The molecule has 0 saturated heterocycles. The van der Waals surface area contributed by atoms with Crippen molar-refractivity contribution in [2.75, 3.05) is 24.5 Å². The summed E-state index contributed by atoms with van der Waals surface area (Å²) in [7, 11) is 0. The van der Waals surface area contributed by atoms with Gasteiger partial charge in [0.05, 0.1) is 6.54 Å². The van der Waals surface area contributed by atoms with Gasteiger partial charge >= 0.3 is 0 Å². The lowest BCUT2D eigenvalue weighted by Gasteiger charge is -2.24. The summed E-state index contributed by atoms with van der Waals surface area (Å²) < 4.78 is 0. The second-order valence-electron chi connectivity index (χ2n) is 11.7. The van der Waals surface area contributed by atoms with Gasteiger partial charge < -0.3 is 37.6 Å². The van der Waals surface area contributed by atoms with Crippen molar-refractivity contribution >= 4 is 41.2 Å². The number of nitrogens with one attached hydrogen (secondary N) is 4. The van der Waals surface area contributed by atoms with Gasteiger partial charge in [0.2, 0.25) is 23.6 Å². The molecule has 0 heterocycles. The molecule has 0 unspecified atom stereocenters. The second-order valence-corrected chi connectivity index (χ2v) is 11.7. The van der Waals surface area contributed by atoms with Crippen molar-refractivity contribution in [2.24, 2.45) is 22.4 Å². The Morgan fingerprint density at radius 2 is 1.31 bits per heavy atom. The van der Waals surface area contributed by atoms with E-state index < -0.39 is 17.9 Å². The number of unbranched alkanes of at least 4 members (excludes halogenated alkanes) is 1. The maximum absolute atomic E-state index is 13.3. The summed E-state index contributed by atoms with van der Waals surface area (Å²) in [6.45, 7) is 4.13. The Morgan fingerprint density at radius 3 is 1.86 bits per heavy atom. The third-order valence-corrected chi connectivity index (χ3v) is 7.46. The molecule has 0 aliphatic rings. The number of hydrogen-bond donors (Lipinski definition) is 6. The molecule has 3 aromatic carbocycles. The molecular formula is C36H46N8O5. The Hall–Kier alpha value is -5.72. The van der Waals surface area contributed by atoms with E-state index in [0.717, 1.165) is 11.1 Å². The SMILES string of the molecule is CC(C)[C@H](NC(=O)c1ccc(N(CC(=O)NCc2ccccc2)C(=O)CCCCN=C(N)N)cc1)C(=O)NCC(=O)NCc1ccccc1. The van der Waals surface area contributed by atoms with Gasteiger partial charge in [-0.2, -0.15) is 0 Å². The number of anilines is 1. The summed E-state index contributed by atoms with van der Waals surface area (Å²) >= 11 is 0. The number of rotatable bonds is 18. The number of amides is 5. The van der Waals surface area contributed by atoms with Crippen LogP contribution in [0.2, 0.25) is 0 Å². The summed E-state index contributed by atoms with van der Waals surface area (Å²) in [6.07, 6.45) is 1.25. The van der Waals surface area contributed by atoms with E-state index in [4.69, 9.17) is 11.5 Å². The number of aliphatic imine (C=N–C) groups is 1. The van der Waals surface area contributed by atoms with E-state index in [1.807, 2.05) is 60.7 Å². The number of carbonyl (C=O) groups excluding carboxylic acids is 5. The number of nitrogens with two attached hydrogens (primary N) is 2. The van der Waals surface area contributed by atoms with Crippen LogP contribution >= 0.6 is 0 Å². The second kappa shape index (κ2) is 19.8.